The van der Waals surface area contributed by atoms with Gasteiger partial charge >= 0.3 is 11.8 Å². The second kappa shape index (κ2) is 7.75. The fourth-order valence-electron chi connectivity index (χ4n) is 2.32. The summed E-state index contributed by atoms with van der Waals surface area (Å²) >= 11 is 0. The lowest BCUT2D eigenvalue weighted by molar-refractivity contribution is -0.392. The average molecular weight is 349 g/mol. The highest BCUT2D eigenvalue weighted by Crippen LogP contribution is 2.21. The summed E-state index contributed by atoms with van der Waals surface area (Å²) in [7, 11) is 1.27. The minimum Gasteiger partial charge on any atom is -0.490 e. The quantitative estimate of drug-likeness (QED) is 0.459. The number of aliphatic hydroxyl groups excluding tert-OH is 1. The van der Waals surface area contributed by atoms with E-state index >= 15 is 0 Å². The molecule has 2 aromatic rings. The van der Waals surface area contributed by atoms with Crippen LogP contribution >= 0.6 is 0 Å². The molecule has 0 saturated carbocycles. The number of methoxy groups -OCH3 is 1. The van der Waals surface area contributed by atoms with Gasteiger partial charge in [0.05, 0.1) is 7.11 Å². The van der Waals surface area contributed by atoms with Gasteiger partial charge in [0.1, 0.15) is 36.8 Å². The molecular weight excluding hydrogens is 330 g/mol. The minimum atomic E-state index is -1.03. The van der Waals surface area contributed by atoms with Crippen LogP contribution in [0.1, 0.15) is 21.7 Å². The van der Waals surface area contributed by atoms with Gasteiger partial charge in [-0.05, 0) is 24.0 Å². The largest absolute Gasteiger partial charge is 0.490 e. The zero-order chi connectivity index (χ0) is 18.6. The van der Waals surface area contributed by atoms with Crippen molar-refractivity contribution in [3.05, 3.63) is 51.5 Å². The highest BCUT2D eigenvalue weighted by Gasteiger charge is 2.21. The van der Waals surface area contributed by atoms with E-state index in [2.05, 4.69) is 4.98 Å². The van der Waals surface area contributed by atoms with E-state index < -0.39 is 17.0 Å². The molecule has 134 valence electrons. The number of imidazole rings is 1. The lowest BCUT2D eigenvalue weighted by Crippen LogP contribution is -2.25. The Hall–Kier alpha value is -2.94. The zero-order valence-corrected chi connectivity index (χ0v) is 14.1. The Kier molecular flexibility index (Phi) is 5.71. The minimum absolute atomic E-state index is 0.0540. The Balaban J connectivity index is 2.08. The van der Waals surface area contributed by atoms with Crippen LogP contribution in [-0.2, 0) is 11.3 Å². The molecule has 0 aliphatic heterocycles. The van der Waals surface area contributed by atoms with E-state index in [1.54, 1.807) is 25.1 Å². The fraction of sp³-hybridized carbons (Fsp3) is 0.375. The van der Waals surface area contributed by atoms with Gasteiger partial charge in [0.15, 0.2) is 5.82 Å². The molecule has 0 amide bonds. The number of aryl methyl sites for hydroxylation is 2. The highest BCUT2D eigenvalue weighted by atomic mass is 16.6. The molecule has 0 spiro atoms. The molecule has 0 fully saturated rings. The Morgan fingerprint density at radius 1 is 1.44 bits per heavy atom. The number of aliphatic hydroxyl groups is 1. The molecule has 25 heavy (non-hydrogen) atoms. The predicted octanol–water partition coefficient (Wildman–Crippen LogP) is 1.63. The van der Waals surface area contributed by atoms with E-state index in [4.69, 9.17) is 9.47 Å². The molecule has 2 rings (SSSR count). The fourth-order valence-corrected chi connectivity index (χ4v) is 2.32. The molecular formula is C16H19N3O6. The Labute approximate surface area is 144 Å². The summed E-state index contributed by atoms with van der Waals surface area (Å²) < 4.78 is 11.5. The van der Waals surface area contributed by atoms with Crippen LogP contribution in [0.3, 0.4) is 0 Å². The van der Waals surface area contributed by atoms with E-state index in [9.17, 15) is 20.0 Å². The van der Waals surface area contributed by atoms with Gasteiger partial charge in [0.25, 0.3) is 0 Å². The Morgan fingerprint density at radius 3 is 2.80 bits per heavy atom. The molecule has 0 saturated heterocycles. The summed E-state index contributed by atoms with van der Waals surface area (Å²) in [4.78, 5) is 26.1. The first-order chi connectivity index (χ1) is 11.8. The van der Waals surface area contributed by atoms with E-state index in [0.717, 1.165) is 11.8 Å². The Bertz CT molecular complexity index is 786. The number of nitrogens with zero attached hydrogens (tertiary/aromatic N) is 3. The number of hydrogen-bond acceptors (Lipinski definition) is 7. The maximum absolute atomic E-state index is 11.8. The van der Waals surface area contributed by atoms with Crippen LogP contribution in [0.25, 0.3) is 0 Å². The first-order valence-corrected chi connectivity index (χ1v) is 7.49. The van der Waals surface area contributed by atoms with Crippen molar-refractivity contribution in [2.45, 2.75) is 26.5 Å². The van der Waals surface area contributed by atoms with Crippen LogP contribution in [-0.4, -0.2) is 45.4 Å². The third-order valence-corrected chi connectivity index (χ3v) is 3.59. The number of carbonyl (C=O) groups excluding carboxylic acids is 1. The summed E-state index contributed by atoms with van der Waals surface area (Å²) in [5, 5.41) is 21.1. The topological polar surface area (TPSA) is 117 Å². The second-order valence-electron chi connectivity index (χ2n) is 5.49. The number of rotatable bonds is 7. The van der Waals surface area contributed by atoms with Gasteiger partial charge in [-0.3, -0.25) is 0 Å². The van der Waals surface area contributed by atoms with Crippen LogP contribution in [0.2, 0.25) is 0 Å². The average Bonchev–Trinajstić information content (AvgIpc) is 2.93. The number of esters is 1. The molecule has 0 radical (unpaired) electrons. The van der Waals surface area contributed by atoms with Gasteiger partial charge in [-0.15, -0.1) is 0 Å². The summed E-state index contributed by atoms with van der Waals surface area (Å²) in [5.74, 6) is -0.0684. The molecule has 1 heterocycles. The van der Waals surface area contributed by atoms with Crippen molar-refractivity contribution < 1.29 is 24.3 Å². The lowest BCUT2D eigenvalue weighted by atomic mass is 10.1. The molecule has 0 aliphatic rings. The lowest BCUT2D eigenvalue weighted by Gasteiger charge is -2.14. The standard InChI is InChI=1S/C16H19N3O6/c1-10-4-5-14(13(6-10)16(21)24-3)25-9-12(20)8-18-11(2)17-7-15(18)19(22)23/h4-7,12,20H,8-9H2,1-3H3. The maximum atomic E-state index is 11.8. The van der Waals surface area contributed by atoms with Crippen LogP contribution in [0.5, 0.6) is 5.75 Å². The van der Waals surface area contributed by atoms with E-state index in [1.165, 1.54) is 11.7 Å². The molecule has 1 atom stereocenters. The van der Waals surface area contributed by atoms with Gasteiger partial charge < -0.3 is 24.7 Å². The normalized spacial score (nSPS) is 11.8. The van der Waals surface area contributed by atoms with Crippen molar-refractivity contribution in [1.29, 1.82) is 0 Å². The molecule has 1 N–H and O–H groups in total. The van der Waals surface area contributed by atoms with Gasteiger partial charge in [0, 0.05) is 6.92 Å². The van der Waals surface area contributed by atoms with Crippen LogP contribution in [0, 0.1) is 24.0 Å². The molecule has 9 heteroatoms. The summed E-state index contributed by atoms with van der Waals surface area (Å²) in [5.41, 5.74) is 1.11. The smallest absolute Gasteiger partial charge is 0.342 e. The second-order valence-corrected chi connectivity index (χ2v) is 5.49. The van der Waals surface area contributed by atoms with Crippen molar-refractivity contribution in [2.75, 3.05) is 13.7 Å². The number of benzene rings is 1. The number of hydrogen-bond donors (Lipinski definition) is 1. The number of aromatic nitrogens is 2. The SMILES string of the molecule is COC(=O)c1cc(C)ccc1OCC(O)Cn1c([N+](=O)[O-])cnc1C. The van der Waals surface area contributed by atoms with E-state index in [1.807, 2.05) is 6.92 Å². The molecule has 1 aromatic heterocycles. The van der Waals surface area contributed by atoms with E-state index in [-0.39, 0.29) is 30.3 Å². The maximum Gasteiger partial charge on any atom is 0.342 e. The van der Waals surface area contributed by atoms with Crippen molar-refractivity contribution in [2.24, 2.45) is 0 Å². The van der Waals surface area contributed by atoms with Crippen LogP contribution in [0.4, 0.5) is 5.82 Å². The van der Waals surface area contributed by atoms with E-state index in [0.29, 0.717) is 5.82 Å². The van der Waals surface area contributed by atoms with Gasteiger partial charge in [0.2, 0.25) is 0 Å². The van der Waals surface area contributed by atoms with Gasteiger partial charge in [-0.2, -0.15) is 0 Å². The number of carbonyl (C=O) groups is 1. The molecule has 9 nitrogen and oxygen atoms in total. The van der Waals surface area contributed by atoms with Gasteiger partial charge in [-0.25, -0.2) is 14.3 Å². The first kappa shape index (κ1) is 18.4. The highest BCUT2D eigenvalue weighted by molar-refractivity contribution is 5.92. The molecule has 0 bridgehead atoms. The van der Waals surface area contributed by atoms with Gasteiger partial charge in [-0.1, -0.05) is 11.6 Å². The van der Waals surface area contributed by atoms with Crippen molar-refractivity contribution in [3.63, 3.8) is 0 Å². The van der Waals surface area contributed by atoms with Crippen molar-refractivity contribution in [1.82, 2.24) is 9.55 Å². The molecule has 1 unspecified atom stereocenters. The Morgan fingerprint density at radius 2 is 2.16 bits per heavy atom. The third-order valence-electron chi connectivity index (χ3n) is 3.59. The number of nitro groups is 1. The first-order valence-electron chi connectivity index (χ1n) is 7.49. The molecule has 1 aromatic carbocycles. The van der Waals surface area contributed by atoms with Crippen LogP contribution < -0.4 is 4.74 Å². The predicted molar refractivity (Wildman–Crippen MR) is 87.6 cm³/mol. The third kappa shape index (κ3) is 4.32. The monoisotopic (exact) mass is 349 g/mol. The number of ether oxygens (including phenoxy) is 2. The zero-order valence-electron chi connectivity index (χ0n) is 14.1. The summed E-state index contributed by atoms with van der Waals surface area (Å²) in [6.07, 6.45) is 0.108. The summed E-state index contributed by atoms with van der Waals surface area (Å²) in [6.45, 7) is 3.23. The van der Waals surface area contributed by atoms with Crippen molar-refractivity contribution >= 4 is 11.8 Å². The summed E-state index contributed by atoms with van der Waals surface area (Å²) in [6, 6.07) is 5.00. The van der Waals surface area contributed by atoms with Crippen LogP contribution in [0.15, 0.2) is 24.4 Å². The molecule has 0 aliphatic carbocycles. The van der Waals surface area contributed by atoms with Crippen molar-refractivity contribution in [3.8, 4) is 5.75 Å².